The van der Waals surface area contributed by atoms with Crippen molar-refractivity contribution < 1.29 is 23.9 Å². The lowest BCUT2D eigenvalue weighted by molar-refractivity contribution is -0.143. The third-order valence-electron chi connectivity index (χ3n) is 1.80. The molecule has 0 saturated heterocycles. The predicted molar refractivity (Wildman–Crippen MR) is 52.0 cm³/mol. The van der Waals surface area contributed by atoms with E-state index in [0.29, 0.717) is 6.42 Å². The van der Waals surface area contributed by atoms with Crippen LogP contribution >= 0.6 is 7.60 Å². The molecule has 0 saturated carbocycles. The zero-order valence-corrected chi connectivity index (χ0v) is 9.37. The quantitative estimate of drug-likeness (QED) is 0.524. The van der Waals surface area contributed by atoms with Gasteiger partial charge in [-0.15, -0.1) is 0 Å². The predicted octanol–water partition coefficient (Wildman–Crippen LogP) is 1.29. The average molecular weight is 224 g/mol. The number of unbranched alkanes of at least 4 members (excludes halogenated alkanes) is 1. The molecule has 0 bridgehead atoms. The fourth-order valence-corrected chi connectivity index (χ4v) is 1.93. The normalized spacial score (nSPS) is 13.7. The van der Waals surface area contributed by atoms with Crippen molar-refractivity contribution in [2.75, 3.05) is 6.61 Å². The first kappa shape index (κ1) is 13.6. The van der Waals surface area contributed by atoms with E-state index in [0.717, 1.165) is 6.42 Å². The summed E-state index contributed by atoms with van der Waals surface area (Å²) in [7, 11) is -4.37. The Morgan fingerprint density at radius 2 is 2.00 bits per heavy atom. The number of rotatable bonds is 6. The standard InChI is InChI=1S/C8H17O5P/c1-3-5-6-7(14(10,11)12)8(9)13-4-2/h7H,3-6H2,1-2H3,(H2,10,11,12). The third kappa shape index (κ3) is 4.74. The maximum atomic E-state index is 11.2. The molecule has 84 valence electrons. The highest BCUT2D eigenvalue weighted by molar-refractivity contribution is 7.53. The van der Waals surface area contributed by atoms with Gasteiger partial charge in [0.2, 0.25) is 0 Å². The molecule has 0 aromatic rings. The molecule has 14 heavy (non-hydrogen) atoms. The van der Waals surface area contributed by atoms with Gasteiger partial charge >= 0.3 is 13.6 Å². The smallest absolute Gasteiger partial charge is 0.339 e. The van der Waals surface area contributed by atoms with Gasteiger partial charge in [-0.2, -0.15) is 0 Å². The second-order valence-electron chi connectivity index (χ2n) is 3.00. The zero-order chi connectivity index (χ0) is 11.2. The summed E-state index contributed by atoms with van der Waals surface area (Å²) < 4.78 is 15.5. The van der Waals surface area contributed by atoms with E-state index in [9.17, 15) is 9.36 Å². The molecule has 0 aromatic heterocycles. The summed E-state index contributed by atoms with van der Waals surface area (Å²) in [6, 6.07) is 0. The number of hydrogen-bond acceptors (Lipinski definition) is 3. The van der Waals surface area contributed by atoms with Crippen molar-refractivity contribution in [3.05, 3.63) is 0 Å². The Hall–Kier alpha value is -0.380. The van der Waals surface area contributed by atoms with Gasteiger partial charge in [-0.25, -0.2) is 0 Å². The van der Waals surface area contributed by atoms with E-state index in [2.05, 4.69) is 4.74 Å². The van der Waals surface area contributed by atoms with Crippen molar-refractivity contribution in [1.82, 2.24) is 0 Å². The van der Waals surface area contributed by atoms with Crippen molar-refractivity contribution in [2.45, 2.75) is 38.8 Å². The van der Waals surface area contributed by atoms with Crippen molar-refractivity contribution in [2.24, 2.45) is 0 Å². The molecule has 0 heterocycles. The van der Waals surface area contributed by atoms with Gasteiger partial charge in [-0.3, -0.25) is 9.36 Å². The average Bonchev–Trinajstić information content (AvgIpc) is 2.03. The monoisotopic (exact) mass is 224 g/mol. The SMILES string of the molecule is CCCCC(C(=O)OCC)P(=O)(O)O. The maximum Gasteiger partial charge on any atom is 0.339 e. The summed E-state index contributed by atoms with van der Waals surface area (Å²) in [6.45, 7) is 3.64. The number of carbonyl (C=O) groups is 1. The molecule has 0 spiro atoms. The van der Waals surface area contributed by atoms with Gasteiger partial charge in [0.25, 0.3) is 0 Å². The second-order valence-corrected chi connectivity index (χ2v) is 4.80. The Morgan fingerprint density at radius 1 is 1.43 bits per heavy atom. The first-order chi connectivity index (χ1) is 6.43. The van der Waals surface area contributed by atoms with Gasteiger partial charge in [-0.05, 0) is 13.3 Å². The Kier molecular flexibility index (Phi) is 6.00. The molecule has 2 N–H and O–H groups in total. The Balaban J connectivity index is 4.39. The van der Waals surface area contributed by atoms with E-state index in [1.807, 2.05) is 6.92 Å². The van der Waals surface area contributed by atoms with E-state index in [1.54, 1.807) is 6.92 Å². The van der Waals surface area contributed by atoms with E-state index in [4.69, 9.17) is 9.79 Å². The summed E-state index contributed by atoms with van der Waals surface area (Å²) in [4.78, 5) is 29.0. The highest BCUT2D eigenvalue weighted by Crippen LogP contribution is 2.44. The van der Waals surface area contributed by atoms with E-state index in [-0.39, 0.29) is 13.0 Å². The van der Waals surface area contributed by atoms with Crippen molar-refractivity contribution in [3.8, 4) is 0 Å². The Bertz CT molecular complexity index is 222. The largest absolute Gasteiger partial charge is 0.465 e. The molecule has 5 nitrogen and oxygen atoms in total. The number of carbonyl (C=O) groups excluding carboxylic acids is 1. The molecule has 0 aliphatic carbocycles. The van der Waals surface area contributed by atoms with Crippen LogP contribution in [-0.4, -0.2) is 28.0 Å². The minimum Gasteiger partial charge on any atom is -0.465 e. The number of hydrogen-bond donors (Lipinski definition) is 2. The molecular formula is C8H17O5P. The van der Waals surface area contributed by atoms with Crippen molar-refractivity contribution >= 4 is 13.6 Å². The number of esters is 1. The summed E-state index contributed by atoms with van der Waals surface area (Å²) in [5, 5.41) is 0. The van der Waals surface area contributed by atoms with E-state index < -0.39 is 19.2 Å². The zero-order valence-electron chi connectivity index (χ0n) is 8.47. The molecule has 0 aromatic carbocycles. The van der Waals surface area contributed by atoms with E-state index in [1.165, 1.54) is 0 Å². The summed E-state index contributed by atoms with van der Waals surface area (Å²) in [5.41, 5.74) is -1.29. The fraction of sp³-hybridized carbons (Fsp3) is 0.875. The van der Waals surface area contributed by atoms with Crippen LogP contribution in [0.15, 0.2) is 0 Å². The van der Waals surface area contributed by atoms with E-state index >= 15 is 0 Å². The van der Waals surface area contributed by atoms with Crippen LogP contribution in [0, 0.1) is 0 Å². The minimum atomic E-state index is -4.37. The van der Waals surface area contributed by atoms with Crippen LogP contribution in [0.1, 0.15) is 33.1 Å². The van der Waals surface area contributed by atoms with Gasteiger partial charge in [0.1, 0.15) is 0 Å². The van der Waals surface area contributed by atoms with Crippen LogP contribution in [0.25, 0.3) is 0 Å². The molecule has 1 atom stereocenters. The highest BCUT2D eigenvalue weighted by atomic mass is 31.2. The Morgan fingerprint density at radius 3 is 2.36 bits per heavy atom. The molecule has 6 heteroatoms. The van der Waals surface area contributed by atoms with Gasteiger partial charge in [0.05, 0.1) is 6.61 Å². The van der Waals surface area contributed by atoms with Crippen LogP contribution in [0.5, 0.6) is 0 Å². The maximum absolute atomic E-state index is 11.2. The molecule has 0 radical (unpaired) electrons. The number of ether oxygens (including phenoxy) is 1. The molecule has 0 rings (SSSR count). The van der Waals surface area contributed by atoms with Crippen molar-refractivity contribution in [3.63, 3.8) is 0 Å². The minimum absolute atomic E-state index is 0.140. The lowest BCUT2D eigenvalue weighted by Gasteiger charge is -2.16. The lowest BCUT2D eigenvalue weighted by Crippen LogP contribution is -2.23. The molecule has 0 amide bonds. The summed E-state index contributed by atoms with van der Waals surface area (Å²) >= 11 is 0. The third-order valence-corrected chi connectivity index (χ3v) is 3.08. The summed E-state index contributed by atoms with van der Waals surface area (Å²) in [5.74, 6) is -0.797. The Labute approximate surface area is 83.6 Å². The van der Waals surface area contributed by atoms with Gasteiger partial charge in [-0.1, -0.05) is 19.8 Å². The van der Waals surface area contributed by atoms with Gasteiger partial charge in [0, 0.05) is 0 Å². The highest BCUT2D eigenvalue weighted by Gasteiger charge is 2.35. The second kappa shape index (κ2) is 6.17. The molecule has 0 aliphatic heterocycles. The lowest BCUT2D eigenvalue weighted by atomic mass is 10.2. The fourth-order valence-electron chi connectivity index (χ4n) is 1.06. The first-order valence-electron chi connectivity index (χ1n) is 4.65. The topological polar surface area (TPSA) is 83.8 Å². The summed E-state index contributed by atoms with van der Waals surface area (Å²) in [6.07, 6.45) is 1.57. The van der Waals surface area contributed by atoms with Crippen LogP contribution in [0.2, 0.25) is 0 Å². The molecular weight excluding hydrogens is 207 g/mol. The van der Waals surface area contributed by atoms with Crippen LogP contribution in [0.4, 0.5) is 0 Å². The molecule has 0 fully saturated rings. The molecule has 0 aliphatic rings. The van der Waals surface area contributed by atoms with Crippen LogP contribution in [-0.2, 0) is 14.1 Å². The van der Waals surface area contributed by atoms with Gasteiger partial charge < -0.3 is 14.5 Å². The van der Waals surface area contributed by atoms with Gasteiger partial charge in [0.15, 0.2) is 5.66 Å². The van der Waals surface area contributed by atoms with Crippen molar-refractivity contribution in [1.29, 1.82) is 0 Å². The van der Waals surface area contributed by atoms with Crippen LogP contribution in [0.3, 0.4) is 0 Å². The first-order valence-corrected chi connectivity index (χ1v) is 6.33. The van der Waals surface area contributed by atoms with Crippen LogP contribution < -0.4 is 0 Å². The molecule has 1 unspecified atom stereocenters.